The first-order chi connectivity index (χ1) is 8.24. The van der Waals surface area contributed by atoms with E-state index in [2.05, 4.69) is 5.32 Å². The van der Waals surface area contributed by atoms with Gasteiger partial charge in [-0.1, -0.05) is 6.07 Å². The van der Waals surface area contributed by atoms with E-state index in [9.17, 15) is 9.50 Å². The zero-order valence-corrected chi connectivity index (χ0v) is 11.2. The van der Waals surface area contributed by atoms with Crippen LogP contribution in [0.2, 0.25) is 0 Å². The second-order valence-corrected chi connectivity index (χ2v) is 5.70. The average Bonchev–Trinajstić information content (AvgIpc) is 2.27. The summed E-state index contributed by atoms with van der Waals surface area (Å²) < 4.78 is 18.9. The van der Waals surface area contributed by atoms with Crippen LogP contribution in [-0.2, 0) is 10.5 Å². The molecule has 1 aromatic carbocycles. The number of rotatable bonds is 1. The van der Waals surface area contributed by atoms with Crippen molar-refractivity contribution in [2.75, 3.05) is 6.61 Å². The lowest BCUT2D eigenvalue weighted by Gasteiger charge is -2.46. The van der Waals surface area contributed by atoms with E-state index in [4.69, 9.17) is 4.74 Å². The first kappa shape index (κ1) is 13.5. The lowest BCUT2D eigenvalue weighted by Crippen LogP contribution is -2.63. The molecule has 0 spiro atoms. The van der Waals surface area contributed by atoms with Crippen LogP contribution in [0.3, 0.4) is 0 Å². The molecule has 1 aliphatic rings. The van der Waals surface area contributed by atoms with Crippen LogP contribution >= 0.6 is 0 Å². The molecule has 18 heavy (non-hydrogen) atoms. The van der Waals surface area contributed by atoms with E-state index >= 15 is 0 Å². The normalized spacial score (nSPS) is 31.3. The fraction of sp³-hybridized carbons (Fsp3) is 0.571. The van der Waals surface area contributed by atoms with Crippen LogP contribution in [-0.4, -0.2) is 23.3 Å². The topological polar surface area (TPSA) is 41.5 Å². The highest BCUT2D eigenvalue weighted by molar-refractivity contribution is 5.29. The minimum atomic E-state index is -1.41. The van der Waals surface area contributed by atoms with Gasteiger partial charge in [-0.3, -0.25) is 0 Å². The lowest BCUT2D eigenvalue weighted by molar-refractivity contribution is -0.263. The standard InChI is InChI=1S/C14H20FNO2/c1-9-7-11(5-6-12(9)15)14(17)10(2)16-13(3,4)8-18-14/h5-7,10,16-17H,8H2,1-4H3. The Balaban J connectivity index is 2.34. The molecule has 3 nitrogen and oxygen atoms in total. The third-order valence-electron chi connectivity index (χ3n) is 3.42. The minimum Gasteiger partial charge on any atom is -0.361 e. The van der Waals surface area contributed by atoms with Crippen LogP contribution in [0.5, 0.6) is 0 Å². The molecule has 1 saturated heterocycles. The minimum absolute atomic E-state index is 0.180. The molecule has 4 heteroatoms. The number of hydrogen-bond acceptors (Lipinski definition) is 3. The van der Waals surface area contributed by atoms with Crippen molar-refractivity contribution in [3.63, 3.8) is 0 Å². The zero-order chi connectivity index (χ0) is 13.6. The van der Waals surface area contributed by atoms with Crippen LogP contribution in [0, 0.1) is 12.7 Å². The third-order valence-corrected chi connectivity index (χ3v) is 3.42. The van der Waals surface area contributed by atoms with Crippen molar-refractivity contribution in [3.8, 4) is 0 Å². The highest BCUT2D eigenvalue weighted by Crippen LogP contribution is 2.33. The summed E-state index contributed by atoms with van der Waals surface area (Å²) in [6.45, 7) is 7.95. The number of morpholine rings is 1. The predicted molar refractivity (Wildman–Crippen MR) is 67.7 cm³/mol. The lowest BCUT2D eigenvalue weighted by atomic mass is 9.92. The van der Waals surface area contributed by atoms with Gasteiger partial charge in [-0.25, -0.2) is 4.39 Å². The molecule has 0 aromatic heterocycles. The van der Waals surface area contributed by atoms with Gasteiger partial charge in [0, 0.05) is 11.1 Å². The van der Waals surface area contributed by atoms with E-state index in [-0.39, 0.29) is 17.4 Å². The summed E-state index contributed by atoms with van der Waals surface area (Å²) >= 11 is 0. The van der Waals surface area contributed by atoms with Gasteiger partial charge < -0.3 is 15.2 Å². The van der Waals surface area contributed by atoms with Crippen molar-refractivity contribution in [1.29, 1.82) is 0 Å². The van der Waals surface area contributed by atoms with E-state index in [1.165, 1.54) is 6.07 Å². The highest BCUT2D eigenvalue weighted by Gasteiger charge is 2.44. The van der Waals surface area contributed by atoms with Crippen LogP contribution in [0.1, 0.15) is 31.9 Å². The van der Waals surface area contributed by atoms with Gasteiger partial charge >= 0.3 is 0 Å². The SMILES string of the molecule is Cc1cc(C2(O)OCC(C)(C)NC2C)ccc1F. The first-order valence-electron chi connectivity index (χ1n) is 6.15. The van der Waals surface area contributed by atoms with Gasteiger partial charge in [-0.15, -0.1) is 0 Å². The molecule has 0 bridgehead atoms. The van der Waals surface area contributed by atoms with Gasteiger partial charge in [0.2, 0.25) is 5.79 Å². The Bertz CT molecular complexity index is 461. The summed E-state index contributed by atoms with van der Waals surface area (Å²) in [6.07, 6.45) is 0. The van der Waals surface area contributed by atoms with Crippen LogP contribution in [0.25, 0.3) is 0 Å². The van der Waals surface area contributed by atoms with Crippen molar-refractivity contribution < 1.29 is 14.2 Å². The molecule has 0 radical (unpaired) electrons. The van der Waals surface area contributed by atoms with E-state index in [1.807, 2.05) is 20.8 Å². The summed E-state index contributed by atoms with van der Waals surface area (Å²) in [5.74, 6) is -1.69. The van der Waals surface area contributed by atoms with Gasteiger partial charge in [0.1, 0.15) is 5.82 Å². The van der Waals surface area contributed by atoms with Crippen LogP contribution in [0.4, 0.5) is 4.39 Å². The Labute approximate surface area is 107 Å². The molecule has 100 valence electrons. The number of benzene rings is 1. The third kappa shape index (κ3) is 2.28. The molecule has 2 rings (SSSR count). The summed E-state index contributed by atoms with van der Waals surface area (Å²) in [5.41, 5.74) is 0.902. The van der Waals surface area contributed by atoms with Gasteiger partial charge in [-0.2, -0.15) is 0 Å². The van der Waals surface area contributed by atoms with Crippen molar-refractivity contribution in [1.82, 2.24) is 5.32 Å². The monoisotopic (exact) mass is 253 g/mol. The second-order valence-electron chi connectivity index (χ2n) is 5.70. The molecule has 1 aliphatic heterocycles. The zero-order valence-electron chi connectivity index (χ0n) is 11.2. The Morgan fingerprint density at radius 3 is 2.67 bits per heavy atom. The Kier molecular flexibility index (Phi) is 3.21. The molecule has 2 atom stereocenters. The molecule has 0 amide bonds. The van der Waals surface area contributed by atoms with Crippen molar-refractivity contribution >= 4 is 0 Å². The summed E-state index contributed by atoms with van der Waals surface area (Å²) in [4.78, 5) is 0. The molecule has 1 aromatic rings. The first-order valence-corrected chi connectivity index (χ1v) is 6.15. The maximum Gasteiger partial charge on any atom is 0.208 e. The van der Waals surface area contributed by atoms with Crippen molar-refractivity contribution in [3.05, 3.63) is 35.1 Å². The van der Waals surface area contributed by atoms with Crippen LogP contribution < -0.4 is 5.32 Å². The van der Waals surface area contributed by atoms with Gasteiger partial charge in [-0.05, 0) is 45.4 Å². The second kappa shape index (κ2) is 4.30. The highest BCUT2D eigenvalue weighted by atomic mass is 19.1. The van der Waals surface area contributed by atoms with Crippen LogP contribution in [0.15, 0.2) is 18.2 Å². The van der Waals surface area contributed by atoms with E-state index < -0.39 is 5.79 Å². The quantitative estimate of drug-likeness (QED) is 0.805. The maximum absolute atomic E-state index is 13.3. The van der Waals surface area contributed by atoms with E-state index in [0.29, 0.717) is 17.7 Å². The Morgan fingerprint density at radius 1 is 1.44 bits per heavy atom. The molecular formula is C14H20FNO2. The molecule has 1 fully saturated rings. The number of aliphatic hydroxyl groups is 1. The molecule has 0 saturated carbocycles. The Morgan fingerprint density at radius 2 is 2.11 bits per heavy atom. The summed E-state index contributed by atoms with van der Waals surface area (Å²) in [5, 5.41) is 14.0. The molecule has 1 heterocycles. The predicted octanol–water partition coefficient (Wildman–Crippen LogP) is 2.07. The van der Waals surface area contributed by atoms with Gasteiger partial charge in [0.05, 0.1) is 12.6 Å². The van der Waals surface area contributed by atoms with Crippen molar-refractivity contribution in [2.24, 2.45) is 0 Å². The molecule has 2 unspecified atom stereocenters. The molecule has 0 aliphatic carbocycles. The number of hydrogen-bond donors (Lipinski definition) is 2. The van der Waals surface area contributed by atoms with Gasteiger partial charge in [0.15, 0.2) is 0 Å². The summed E-state index contributed by atoms with van der Waals surface area (Å²) in [7, 11) is 0. The summed E-state index contributed by atoms with van der Waals surface area (Å²) in [6, 6.07) is 4.29. The Hall–Kier alpha value is -0.970. The largest absolute Gasteiger partial charge is 0.361 e. The number of nitrogens with one attached hydrogen (secondary N) is 1. The molecular weight excluding hydrogens is 233 g/mol. The number of halogens is 1. The smallest absolute Gasteiger partial charge is 0.208 e. The number of ether oxygens (including phenoxy) is 1. The maximum atomic E-state index is 13.3. The van der Waals surface area contributed by atoms with E-state index in [1.54, 1.807) is 19.1 Å². The fourth-order valence-corrected chi connectivity index (χ4v) is 2.34. The van der Waals surface area contributed by atoms with Gasteiger partial charge in [0.25, 0.3) is 0 Å². The average molecular weight is 253 g/mol. The van der Waals surface area contributed by atoms with Crippen molar-refractivity contribution in [2.45, 2.75) is 45.1 Å². The van der Waals surface area contributed by atoms with E-state index in [0.717, 1.165) is 0 Å². The fourth-order valence-electron chi connectivity index (χ4n) is 2.34. The molecule has 2 N–H and O–H groups in total. The number of aryl methyl sites for hydroxylation is 1.